The van der Waals surface area contributed by atoms with Crippen molar-refractivity contribution in [1.82, 2.24) is 10.7 Å². The number of ether oxygens (including phenoxy) is 2. The molecule has 0 saturated heterocycles. The van der Waals surface area contributed by atoms with Gasteiger partial charge in [0.05, 0.1) is 26.1 Å². The Morgan fingerprint density at radius 3 is 2.58 bits per heavy atom. The fraction of sp³-hybridized carbons (Fsp3) is 0.0769. The van der Waals surface area contributed by atoms with Crippen molar-refractivity contribution in [2.45, 2.75) is 0 Å². The number of methoxy groups -OCH3 is 1. The molecule has 2 amide bonds. The fourth-order valence-electron chi connectivity index (χ4n) is 2.72. The summed E-state index contributed by atoms with van der Waals surface area (Å²) >= 11 is 3.34. The van der Waals surface area contributed by atoms with Crippen molar-refractivity contribution in [1.29, 1.82) is 0 Å². The van der Waals surface area contributed by atoms with E-state index in [9.17, 15) is 14.4 Å². The summed E-state index contributed by atoms with van der Waals surface area (Å²) in [6, 6.07) is 15.5. The van der Waals surface area contributed by atoms with E-state index in [1.807, 2.05) is 0 Å². The standard InChI is InChI=1S/C26H22BrN3O6/c1-34-21-8-4-18(5-9-21)6-12-24(31)28-17-25(32)30-29-16-19-15-20(27)7-11-23(19)36-26(33)13-10-22-3-2-14-35-22/h2-16H,17H2,1H3,(H,28,31)(H,30,32)/b12-6+,13-10-,29-16?. The highest BCUT2D eigenvalue weighted by Crippen LogP contribution is 2.22. The maximum Gasteiger partial charge on any atom is 0.336 e. The third-order valence-corrected chi connectivity index (χ3v) is 4.96. The topological polar surface area (TPSA) is 119 Å². The van der Waals surface area contributed by atoms with Crippen LogP contribution in [0.1, 0.15) is 16.9 Å². The third-order valence-electron chi connectivity index (χ3n) is 4.47. The predicted molar refractivity (Wildman–Crippen MR) is 138 cm³/mol. The van der Waals surface area contributed by atoms with Gasteiger partial charge in [-0.2, -0.15) is 5.10 Å². The molecule has 10 heteroatoms. The zero-order valence-corrected chi connectivity index (χ0v) is 20.7. The Labute approximate surface area is 215 Å². The smallest absolute Gasteiger partial charge is 0.336 e. The van der Waals surface area contributed by atoms with Gasteiger partial charge in [-0.05, 0) is 60.2 Å². The summed E-state index contributed by atoms with van der Waals surface area (Å²) in [4.78, 5) is 36.1. The highest BCUT2D eigenvalue weighted by atomic mass is 79.9. The van der Waals surface area contributed by atoms with E-state index in [-0.39, 0.29) is 12.3 Å². The summed E-state index contributed by atoms with van der Waals surface area (Å²) in [6.45, 7) is -0.277. The SMILES string of the molecule is COc1ccc(/C=C/C(=O)NCC(=O)NN=Cc2cc(Br)ccc2OC(=O)/C=C\c2ccco2)cc1. The number of benzene rings is 2. The van der Waals surface area contributed by atoms with Gasteiger partial charge in [-0.25, -0.2) is 10.2 Å². The Morgan fingerprint density at radius 2 is 1.86 bits per heavy atom. The van der Waals surface area contributed by atoms with Crippen molar-refractivity contribution in [3.63, 3.8) is 0 Å². The Balaban J connectivity index is 1.49. The maximum absolute atomic E-state index is 12.1. The van der Waals surface area contributed by atoms with Gasteiger partial charge in [0, 0.05) is 22.2 Å². The molecule has 0 aliphatic carbocycles. The normalized spacial score (nSPS) is 11.2. The minimum Gasteiger partial charge on any atom is -0.497 e. The molecule has 184 valence electrons. The number of carbonyl (C=O) groups is 3. The van der Waals surface area contributed by atoms with Crippen LogP contribution in [0.3, 0.4) is 0 Å². The van der Waals surface area contributed by atoms with Crippen LogP contribution in [0, 0.1) is 0 Å². The molecule has 0 fully saturated rings. The Kier molecular flexibility index (Phi) is 9.78. The van der Waals surface area contributed by atoms with Gasteiger partial charge < -0.3 is 19.2 Å². The van der Waals surface area contributed by atoms with E-state index >= 15 is 0 Å². The summed E-state index contributed by atoms with van der Waals surface area (Å²) in [5.41, 5.74) is 3.56. The zero-order chi connectivity index (χ0) is 25.8. The second-order valence-electron chi connectivity index (χ2n) is 7.07. The molecule has 1 heterocycles. The van der Waals surface area contributed by atoms with Gasteiger partial charge in [0.15, 0.2) is 0 Å². The number of carbonyl (C=O) groups excluding carboxylic acids is 3. The number of nitrogens with one attached hydrogen (secondary N) is 2. The molecule has 2 aromatic carbocycles. The molecule has 0 radical (unpaired) electrons. The van der Waals surface area contributed by atoms with E-state index in [0.717, 1.165) is 10.0 Å². The molecule has 0 saturated carbocycles. The molecule has 2 N–H and O–H groups in total. The molecule has 3 rings (SSSR count). The number of hydrogen-bond acceptors (Lipinski definition) is 7. The number of hydrazone groups is 1. The molecular weight excluding hydrogens is 530 g/mol. The number of rotatable bonds is 10. The van der Waals surface area contributed by atoms with Crippen LogP contribution in [0.15, 0.2) is 87.0 Å². The number of nitrogens with zero attached hydrogens (tertiary/aromatic N) is 1. The lowest BCUT2D eigenvalue weighted by atomic mass is 10.2. The lowest BCUT2D eigenvalue weighted by Gasteiger charge is -2.06. The molecule has 0 spiro atoms. The third kappa shape index (κ3) is 8.73. The summed E-state index contributed by atoms with van der Waals surface area (Å²) in [7, 11) is 1.57. The van der Waals surface area contributed by atoms with Crippen molar-refractivity contribution >= 4 is 52.1 Å². The quantitative estimate of drug-likeness (QED) is 0.129. The number of esters is 1. The molecule has 0 atom stereocenters. The van der Waals surface area contributed by atoms with E-state index in [0.29, 0.717) is 17.1 Å². The van der Waals surface area contributed by atoms with Crippen LogP contribution in [0.5, 0.6) is 11.5 Å². The average Bonchev–Trinajstić information content (AvgIpc) is 3.40. The summed E-state index contributed by atoms with van der Waals surface area (Å²) < 4.78 is 16.3. The van der Waals surface area contributed by atoms with Gasteiger partial charge in [0.1, 0.15) is 17.3 Å². The zero-order valence-electron chi connectivity index (χ0n) is 19.1. The number of hydrogen-bond donors (Lipinski definition) is 2. The van der Waals surface area contributed by atoms with Gasteiger partial charge in [0.2, 0.25) is 5.91 Å². The van der Waals surface area contributed by atoms with E-state index in [1.165, 1.54) is 30.7 Å². The van der Waals surface area contributed by atoms with Gasteiger partial charge >= 0.3 is 5.97 Å². The van der Waals surface area contributed by atoms with Gasteiger partial charge in [0.25, 0.3) is 5.91 Å². The second-order valence-corrected chi connectivity index (χ2v) is 7.99. The molecule has 36 heavy (non-hydrogen) atoms. The van der Waals surface area contributed by atoms with Gasteiger partial charge in [-0.3, -0.25) is 9.59 Å². The first kappa shape index (κ1) is 26.2. The van der Waals surface area contributed by atoms with Gasteiger partial charge in [-0.1, -0.05) is 28.1 Å². The Bertz CT molecular complexity index is 1280. The molecule has 0 unspecified atom stereocenters. The number of furan rings is 1. The van der Waals surface area contributed by atoms with E-state index in [1.54, 1.807) is 67.8 Å². The van der Waals surface area contributed by atoms with Crippen LogP contribution in [0.2, 0.25) is 0 Å². The highest BCUT2D eigenvalue weighted by molar-refractivity contribution is 9.10. The van der Waals surface area contributed by atoms with E-state index in [2.05, 4.69) is 31.8 Å². The van der Waals surface area contributed by atoms with Crippen molar-refractivity contribution < 1.29 is 28.3 Å². The second kappa shape index (κ2) is 13.4. The highest BCUT2D eigenvalue weighted by Gasteiger charge is 2.08. The maximum atomic E-state index is 12.1. The van der Waals surface area contributed by atoms with Crippen molar-refractivity contribution in [2.24, 2.45) is 5.10 Å². The molecule has 3 aromatic rings. The molecular formula is C26H22BrN3O6. The average molecular weight is 552 g/mol. The lowest BCUT2D eigenvalue weighted by molar-refractivity contribution is -0.129. The van der Waals surface area contributed by atoms with Gasteiger partial charge in [-0.15, -0.1) is 0 Å². The fourth-order valence-corrected chi connectivity index (χ4v) is 3.10. The van der Waals surface area contributed by atoms with Crippen molar-refractivity contribution in [3.05, 3.63) is 94.4 Å². The minimum absolute atomic E-state index is 0.238. The summed E-state index contributed by atoms with van der Waals surface area (Å²) in [5, 5.41) is 6.34. The monoisotopic (exact) mass is 551 g/mol. The Morgan fingerprint density at radius 1 is 1.06 bits per heavy atom. The molecule has 0 aliphatic heterocycles. The largest absolute Gasteiger partial charge is 0.497 e. The van der Waals surface area contributed by atoms with Crippen molar-refractivity contribution in [2.75, 3.05) is 13.7 Å². The van der Waals surface area contributed by atoms with Crippen LogP contribution in [0.4, 0.5) is 0 Å². The number of amides is 2. The molecule has 0 bridgehead atoms. The molecule has 0 aliphatic rings. The van der Waals surface area contributed by atoms with Crippen LogP contribution in [-0.4, -0.2) is 37.7 Å². The van der Waals surface area contributed by atoms with E-state index in [4.69, 9.17) is 13.9 Å². The van der Waals surface area contributed by atoms with Crippen LogP contribution < -0.4 is 20.2 Å². The van der Waals surface area contributed by atoms with Crippen LogP contribution in [0.25, 0.3) is 12.2 Å². The Hall–Kier alpha value is -4.44. The predicted octanol–water partition coefficient (Wildman–Crippen LogP) is 3.95. The lowest BCUT2D eigenvalue weighted by Crippen LogP contribution is -2.34. The first-order valence-corrected chi connectivity index (χ1v) is 11.4. The van der Waals surface area contributed by atoms with Crippen LogP contribution in [-0.2, 0) is 14.4 Å². The first-order valence-electron chi connectivity index (χ1n) is 10.6. The minimum atomic E-state index is -0.613. The number of halogens is 1. The first-order chi connectivity index (χ1) is 17.4. The summed E-state index contributed by atoms with van der Waals surface area (Å²) in [6.07, 6.45) is 8.47. The van der Waals surface area contributed by atoms with Crippen molar-refractivity contribution in [3.8, 4) is 11.5 Å². The molecule has 1 aromatic heterocycles. The van der Waals surface area contributed by atoms with E-state index < -0.39 is 17.8 Å². The van der Waals surface area contributed by atoms with Crippen LogP contribution >= 0.6 is 15.9 Å². The molecule has 9 nitrogen and oxygen atoms in total. The summed E-state index contributed by atoms with van der Waals surface area (Å²) in [5.74, 6) is -0.124.